The minimum absolute atomic E-state index is 0.0753. The number of carbonyl (C=O) groups is 2. The summed E-state index contributed by atoms with van der Waals surface area (Å²) in [5.41, 5.74) is 0. The minimum Gasteiger partial charge on any atom is -0.481 e. The summed E-state index contributed by atoms with van der Waals surface area (Å²) in [7, 11) is 0. The number of amides is 2. The molecule has 0 aromatic carbocycles. The highest BCUT2D eigenvalue weighted by molar-refractivity contribution is 5.76. The van der Waals surface area contributed by atoms with Crippen LogP contribution in [0.15, 0.2) is 22.8 Å². The van der Waals surface area contributed by atoms with Crippen molar-refractivity contribution < 1.29 is 19.1 Å². The molecule has 2 rings (SSSR count). The fraction of sp³-hybridized carbons (Fsp3) is 0.571. The highest BCUT2D eigenvalue weighted by Gasteiger charge is 2.32. The van der Waals surface area contributed by atoms with Crippen molar-refractivity contribution in [2.75, 3.05) is 6.54 Å². The monoisotopic (exact) mass is 280 g/mol. The van der Waals surface area contributed by atoms with Crippen molar-refractivity contribution in [2.45, 2.75) is 38.8 Å². The molecule has 1 fully saturated rings. The third kappa shape index (κ3) is 3.12. The quantitative estimate of drug-likeness (QED) is 0.889. The van der Waals surface area contributed by atoms with E-state index in [-0.39, 0.29) is 24.0 Å². The van der Waals surface area contributed by atoms with Crippen LogP contribution >= 0.6 is 0 Å². The van der Waals surface area contributed by atoms with Gasteiger partial charge in [0, 0.05) is 12.6 Å². The number of hydrogen-bond acceptors (Lipinski definition) is 3. The second-order valence-corrected chi connectivity index (χ2v) is 5.29. The summed E-state index contributed by atoms with van der Waals surface area (Å²) in [6, 6.07) is 3.13. The molecule has 0 saturated carbocycles. The zero-order chi connectivity index (χ0) is 14.7. The van der Waals surface area contributed by atoms with Crippen LogP contribution in [0, 0.1) is 5.92 Å². The molecule has 3 atom stereocenters. The number of likely N-dealkylation sites (tertiary alicyclic amines) is 1. The topological polar surface area (TPSA) is 82.8 Å². The first-order valence-electron chi connectivity index (χ1n) is 6.82. The SMILES string of the molecule is CC(NC(=O)N1CCC(C(=O)O)CC1C)c1ccco1. The maximum atomic E-state index is 12.2. The van der Waals surface area contributed by atoms with E-state index in [1.54, 1.807) is 17.2 Å². The molecular weight excluding hydrogens is 260 g/mol. The van der Waals surface area contributed by atoms with Crippen LogP contribution in [0.3, 0.4) is 0 Å². The fourth-order valence-corrected chi connectivity index (χ4v) is 2.58. The summed E-state index contributed by atoms with van der Waals surface area (Å²) >= 11 is 0. The first kappa shape index (κ1) is 14.4. The molecule has 1 aliphatic rings. The number of hydrogen-bond donors (Lipinski definition) is 2. The van der Waals surface area contributed by atoms with E-state index in [2.05, 4.69) is 5.32 Å². The Kier molecular flexibility index (Phi) is 4.32. The number of piperidine rings is 1. The second-order valence-electron chi connectivity index (χ2n) is 5.29. The molecule has 6 nitrogen and oxygen atoms in total. The maximum absolute atomic E-state index is 12.2. The van der Waals surface area contributed by atoms with Crippen molar-refractivity contribution in [2.24, 2.45) is 5.92 Å². The van der Waals surface area contributed by atoms with Crippen LogP contribution in [-0.4, -0.2) is 34.6 Å². The third-order valence-electron chi connectivity index (χ3n) is 3.80. The number of aliphatic carboxylic acids is 1. The van der Waals surface area contributed by atoms with Crippen LogP contribution in [0.2, 0.25) is 0 Å². The van der Waals surface area contributed by atoms with Gasteiger partial charge < -0.3 is 19.7 Å². The molecule has 0 radical (unpaired) electrons. The lowest BCUT2D eigenvalue weighted by molar-refractivity contribution is -0.143. The van der Waals surface area contributed by atoms with Crippen LogP contribution in [0.5, 0.6) is 0 Å². The van der Waals surface area contributed by atoms with E-state index >= 15 is 0 Å². The molecule has 1 aliphatic heterocycles. The maximum Gasteiger partial charge on any atom is 0.318 e. The van der Waals surface area contributed by atoms with E-state index in [4.69, 9.17) is 9.52 Å². The average Bonchev–Trinajstić information content (AvgIpc) is 2.92. The van der Waals surface area contributed by atoms with Crippen molar-refractivity contribution in [1.29, 1.82) is 0 Å². The molecule has 3 unspecified atom stereocenters. The van der Waals surface area contributed by atoms with Gasteiger partial charge in [-0.05, 0) is 38.8 Å². The number of carboxylic acid groups (broad SMARTS) is 1. The molecule has 2 amide bonds. The van der Waals surface area contributed by atoms with Crippen LogP contribution in [-0.2, 0) is 4.79 Å². The predicted octanol–water partition coefficient (Wildman–Crippen LogP) is 2.24. The summed E-state index contributed by atoms with van der Waals surface area (Å²) in [4.78, 5) is 24.9. The van der Waals surface area contributed by atoms with Gasteiger partial charge in [-0.15, -0.1) is 0 Å². The Morgan fingerprint density at radius 3 is 2.85 bits per heavy atom. The van der Waals surface area contributed by atoms with E-state index in [1.165, 1.54) is 0 Å². The molecule has 1 aromatic rings. The molecule has 0 bridgehead atoms. The van der Waals surface area contributed by atoms with E-state index in [0.29, 0.717) is 25.1 Å². The first-order valence-corrected chi connectivity index (χ1v) is 6.82. The Balaban J connectivity index is 1.91. The van der Waals surface area contributed by atoms with Crippen LogP contribution in [0.1, 0.15) is 38.5 Å². The van der Waals surface area contributed by atoms with Gasteiger partial charge >= 0.3 is 12.0 Å². The molecule has 1 aromatic heterocycles. The van der Waals surface area contributed by atoms with Crippen molar-refractivity contribution in [3.05, 3.63) is 24.2 Å². The molecule has 20 heavy (non-hydrogen) atoms. The number of rotatable bonds is 3. The number of furan rings is 1. The lowest BCUT2D eigenvalue weighted by Crippen LogP contribution is -2.50. The first-order chi connectivity index (χ1) is 9.49. The van der Waals surface area contributed by atoms with E-state index < -0.39 is 5.97 Å². The number of urea groups is 1. The third-order valence-corrected chi connectivity index (χ3v) is 3.80. The largest absolute Gasteiger partial charge is 0.481 e. The van der Waals surface area contributed by atoms with Crippen molar-refractivity contribution in [1.82, 2.24) is 10.2 Å². The van der Waals surface area contributed by atoms with Gasteiger partial charge in [0.25, 0.3) is 0 Å². The van der Waals surface area contributed by atoms with Crippen LogP contribution in [0.4, 0.5) is 4.79 Å². The molecular formula is C14H20N2O4. The standard InChI is InChI=1S/C14H20N2O4/c1-9-8-11(13(17)18)5-6-16(9)14(19)15-10(2)12-4-3-7-20-12/h3-4,7,9-11H,5-6,8H2,1-2H3,(H,15,19)(H,17,18). The van der Waals surface area contributed by atoms with Gasteiger partial charge in [0.05, 0.1) is 18.2 Å². The van der Waals surface area contributed by atoms with Crippen molar-refractivity contribution in [3.8, 4) is 0 Å². The van der Waals surface area contributed by atoms with Crippen molar-refractivity contribution >= 4 is 12.0 Å². The molecule has 1 saturated heterocycles. The summed E-state index contributed by atoms with van der Waals surface area (Å²) in [5.74, 6) is -0.427. The van der Waals surface area contributed by atoms with Crippen molar-refractivity contribution in [3.63, 3.8) is 0 Å². The van der Waals surface area contributed by atoms with E-state index in [1.807, 2.05) is 19.9 Å². The molecule has 2 N–H and O–H groups in total. The summed E-state index contributed by atoms with van der Waals surface area (Å²) in [5, 5.41) is 11.9. The Morgan fingerprint density at radius 2 is 2.30 bits per heavy atom. The molecule has 6 heteroatoms. The van der Waals surface area contributed by atoms with E-state index in [9.17, 15) is 9.59 Å². The number of nitrogens with one attached hydrogen (secondary N) is 1. The molecule has 2 heterocycles. The van der Waals surface area contributed by atoms with Gasteiger partial charge in [-0.2, -0.15) is 0 Å². The summed E-state index contributed by atoms with van der Waals surface area (Å²) < 4.78 is 5.25. The highest BCUT2D eigenvalue weighted by Crippen LogP contribution is 2.23. The highest BCUT2D eigenvalue weighted by atomic mass is 16.4. The van der Waals surface area contributed by atoms with Gasteiger partial charge in [-0.25, -0.2) is 4.79 Å². The number of carboxylic acids is 1. The normalized spacial score (nSPS) is 24.2. The van der Waals surface area contributed by atoms with Crippen LogP contribution in [0.25, 0.3) is 0 Å². The Bertz CT molecular complexity index is 472. The Hall–Kier alpha value is -1.98. The molecule has 0 aliphatic carbocycles. The zero-order valence-electron chi connectivity index (χ0n) is 11.7. The average molecular weight is 280 g/mol. The Morgan fingerprint density at radius 1 is 1.55 bits per heavy atom. The van der Waals surface area contributed by atoms with Crippen LogP contribution < -0.4 is 5.32 Å². The second kappa shape index (κ2) is 5.98. The molecule has 110 valence electrons. The predicted molar refractivity (Wildman–Crippen MR) is 72.2 cm³/mol. The lowest BCUT2D eigenvalue weighted by Gasteiger charge is -2.36. The zero-order valence-corrected chi connectivity index (χ0v) is 11.7. The lowest BCUT2D eigenvalue weighted by atomic mass is 9.92. The number of carbonyl (C=O) groups excluding carboxylic acids is 1. The van der Waals surface area contributed by atoms with Gasteiger partial charge in [-0.3, -0.25) is 4.79 Å². The smallest absolute Gasteiger partial charge is 0.318 e. The summed E-state index contributed by atoms with van der Waals surface area (Å²) in [6.07, 6.45) is 2.57. The van der Waals surface area contributed by atoms with E-state index in [0.717, 1.165) is 0 Å². The summed E-state index contributed by atoms with van der Waals surface area (Å²) in [6.45, 7) is 4.20. The van der Waals surface area contributed by atoms with Gasteiger partial charge in [0.1, 0.15) is 5.76 Å². The Labute approximate surface area is 117 Å². The molecule has 0 spiro atoms. The number of nitrogens with zero attached hydrogens (tertiary/aromatic N) is 1. The minimum atomic E-state index is -0.777. The van der Waals surface area contributed by atoms with Gasteiger partial charge in [0.2, 0.25) is 0 Å². The fourth-order valence-electron chi connectivity index (χ4n) is 2.58. The van der Waals surface area contributed by atoms with Gasteiger partial charge in [0.15, 0.2) is 0 Å². The van der Waals surface area contributed by atoms with Gasteiger partial charge in [-0.1, -0.05) is 0 Å².